The summed E-state index contributed by atoms with van der Waals surface area (Å²) in [7, 11) is 0. The third kappa shape index (κ3) is 4.61. The number of aryl methyl sites for hydroxylation is 2. The highest BCUT2D eigenvalue weighted by Crippen LogP contribution is 2.33. The second kappa shape index (κ2) is 8.79. The third-order valence-corrected chi connectivity index (χ3v) is 4.69. The lowest BCUT2D eigenvalue weighted by Crippen LogP contribution is -2.07. The number of fused-ring (bicyclic) bond motifs is 1. The third-order valence-electron chi connectivity index (χ3n) is 4.69. The second-order valence-electron chi connectivity index (χ2n) is 7.04. The molecule has 0 bridgehead atoms. The van der Waals surface area contributed by atoms with Crippen LogP contribution in [0.4, 0.5) is 11.5 Å². The lowest BCUT2D eigenvalue weighted by Gasteiger charge is -2.14. The van der Waals surface area contributed by atoms with E-state index in [4.69, 9.17) is 9.47 Å². The van der Waals surface area contributed by atoms with E-state index in [1.54, 1.807) is 25.3 Å². The zero-order valence-electron chi connectivity index (χ0n) is 17.5. The monoisotopic (exact) mass is 414 g/mol. The van der Waals surface area contributed by atoms with E-state index in [1.807, 2.05) is 50.2 Å². The molecular formula is C24H22N4O3. The minimum Gasteiger partial charge on any atom is -0.455 e. The Morgan fingerprint density at radius 2 is 1.87 bits per heavy atom. The molecule has 0 aliphatic rings. The number of carbonyl (C=O) groups is 1. The Balaban J connectivity index is 1.62. The van der Waals surface area contributed by atoms with Crippen LogP contribution in [0, 0.1) is 13.8 Å². The number of esters is 1. The van der Waals surface area contributed by atoms with Gasteiger partial charge in [0.2, 0.25) is 0 Å². The molecule has 0 aliphatic heterocycles. The Kier molecular flexibility index (Phi) is 5.75. The summed E-state index contributed by atoms with van der Waals surface area (Å²) in [5, 5.41) is 3.96. The van der Waals surface area contributed by atoms with Crippen molar-refractivity contribution < 1.29 is 14.3 Å². The summed E-state index contributed by atoms with van der Waals surface area (Å²) in [5.41, 5.74) is 3.39. The predicted molar refractivity (Wildman–Crippen MR) is 119 cm³/mol. The van der Waals surface area contributed by atoms with E-state index in [0.29, 0.717) is 28.2 Å². The molecular weight excluding hydrogens is 392 g/mol. The van der Waals surface area contributed by atoms with Gasteiger partial charge in [-0.3, -0.25) is 9.78 Å². The summed E-state index contributed by atoms with van der Waals surface area (Å²) in [6, 6.07) is 14.9. The fourth-order valence-corrected chi connectivity index (χ4v) is 3.07. The first-order valence-corrected chi connectivity index (χ1v) is 9.96. The minimum absolute atomic E-state index is 0.282. The fraction of sp³-hybridized carbons (Fsp3) is 0.167. The van der Waals surface area contributed by atoms with Gasteiger partial charge in [-0.15, -0.1) is 0 Å². The van der Waals surface area contributed by atoms with Crippen LogP contribution < -0.4 is 14.8 Å². The van der Waals surface area contributed by atoms with Crippen molar-refractivity contribution in [2.45, 2.75) is 27.2 Å². The highest BCUT2D eigenvalue weighted by atomic mass is 16.5. The van der Waals surface area contributed by atoms with Crippen molar-refractivity contribution in [3.8, 4) is 17.2 Å². The van der Waals surface area contributed by atoms with Crippen molar-refractivity contribution >= 4 is 28.4 Å². The molecule has 7 nitrogen and oxygen atoms in total. The molecule has 2 heterocycles. The molecule has 0 saturated carbocycles. The summed E-state index contributed by atoms with van der Waals surface area (Å²) in [6.45, 7) is 5.65. The van der Waals surface area contributed by atoms with Gasteiger partial charge in [0.15, 0.2) is 0 Å². The highest BCUT2D eigenvalue weighted by molar-refractivity contribution is 5.97. The summed E-state index contributed by atoms with van der Waals surface area (Å²) >= 11 is 0. The van der Waals surface area contributed by atoms with Crippen LogP contribution in [0.25, 0.3) is 10.9 Å². The molecule has 2 aromatic carbocycles. The molecule has 2 aromatic heterocycles. The number of rotatable bonds is 6. The van der Waals surface area contributed by atoms with Crippen LogP contribution in [-0.4, -0.2) is 20.9 Å². The van der Waals surface area contributed by atoms with Crippen molar-refractivity contribution in [1.29, 1.82) is 0 Å². The van der Waals surface area contributed by atoms with E-state index in [0.717, 1.165) is 22.7 Å². The van der Waals surface area contributed by atoms with Gasteiger partial charge in [0.25, 0.3) is 0 Å². The van der Waals surface area contributed by atoms with Crippen LogP contribution >= 0.6 is 0 Å². The lowest BCUT2D eigenvalue weighted by atomic mass is 10.1. The topological polar surface area (TPSA) is 86.2 Å². The van der Waals surface area contributed by atoms with Crippen molar-refractivity contribution in [2.75, 3.05) is 5.32 Å². The molecule has 7 heteroatoms. The number of aromatic nitrogens is 3. The molecule has 1 N–H and O–H groups in total. The van der Waals surface area contributed by atoms with E-state index in [-0.39, 0.29) is 12.4 Å². The summed E-state index contributed by atoms with van der Waals surface area (Å²) in [4.78, 5) is 24.8. The summed E-state index contributed by atoms with van der Waals surface area (Å²) < 4.78 is 11.4. The van der Waals surface area contributed by atoms with Gasteiger partial charge >= 0.3 is 5.97 Å². The number of ether oxygens (including phenoxy) is 2. The van der Waals surface area contributed by atoms with E-state index in [9.17, 15) is 4.79 Å². The normalized spacial score (nSPS) is 10.7. The maximum atomic E-state index is 11.8. The van der Waals surface area contributed by atoms with Crippen LogP contribution in [0.5, 0.6) is 17.2 Å². The number of nitrogens with one attached hydrogen (secondary N) is 1. The van der Waals surface area contributed by atoms with Crippen LogP contribution in [-0.2, 0) is 4.79 Å². The van der Waals surface area contributed by atoms with E-state index in [1.165, 1.54) is 6.33 Å². The molecule has 0 unspecified atom stereocenters. The van der Waals surface area contributed by atoms with E-state index >= 15 is 0 Å². The Labute approximate surface area is 180 Å². The standard InChI is InChI=1S/C24H22N4O3/c1-4-22(29)31-21-7-5-6-19-23(21)24(27-14-26-19)28-17-9-11-20(15(2)12-17)30-18-10-8-16(3)25-13-18/h5-14H,4H2,1-3H3,(H,26,27,28). The van der Waals surface area contributed by atoms with Gasteiger partial charge in [-0.25, -0.2) is 9.97 Å². The Morgan fingerprint density at radius 1 is 1.00 bits per heavy atom. The van der Waals surface area contributed by atoms with Crippen molar-refractivity contribution in [3.63, 3.8) is 0 Å². The quantitative estimate of drug-likeness (QED) is 0.330. The maximum absolute atomic E-state index is 11.8. The van der Waals surface area contributed by atoms with E-state index < -0.39 is 0 Å². The summed E-state index contributed by atoms with van der Waals surface area (Å²) in [5.74, 6) is 2.08. The average Bonchev–Trinajstić information content (AvgIpc) is 2.77. The zero-order valence-corrected chi connectivity index (χ0v) is 17.5. The molecule has 0 amide bonds. The van der Waals surface area contributed by atoms with Gasteiger partial charge in [-0.2, -0.15) is 0 Å². The van der Waals surface area contributed by atoms with Crippen molar-refractivity contribution in [1.82, 2.24) is 15.0 Å². The zero-order chi connectivity index (χ0) is 21.8. The molecule has 0 saturated heterocycles. The molecule has 4 aromatic rings. The molecule has 0 atom stereocenters. The fourth-order valence-electron chi connectivity index (χ4n) is 3.07. The predicted octanol–water partition coefficient (Wildman–Crippen LogP) is 5.49. The number of pyridine rings is 1. The van der Waals surface area contributed by atoms with E-state index in [2.05, 4.69) is 20.3 Å². The van der Waals surface area contributed by atoms with Crippen molar-refractivity contribution in [3.05, 3.63) is 72.3 Å². The molecule has 0 fully saturated rings. The maximum Gasteiger partial charge on any atom is 0.310 e. The lowest BCUT2D eigenvalue weighted by molar-refractivity contribution is -0.133. The van der Waals surface area contributed by atoms with Crippen molar-refractivity contribution in [2.24, 2.45) is 0 Å². The number of nitrogens with zero attached hydrogens (tertiary/aromatic N) is 3. The van der Waals surface area contributed by atoms with Gasteiger partial charge in [-0.05, 0) is 61.9 Å². The number of benzene rings is 2. The highest BCUT2D eigenvalue weighted by Gasteiger charge is 2.13. The van der Waals surface area contributed by atoms with Gasteiger partial charge in [-0.1, -0.05) is 13.0 Å². The number of carbonyl (C=O) groups excluding carboxylic acids is 1. The Morgan fingerprint density at radius 3 is 2.61 bits per heavy atom. The molecule has 0 radical (unpaired) electrons. The smallest absolute Gasteiger partial charge is 0.310 e. The number of hydrogen-bond acceptors (Lipinski definition) is 7. The number of hydrogen-bond donors (Lipinski definition) is 1. The minimum atomic E-state index is -0.315. The molecule has 31 heavy (non-hydrogen) atoms. The largest absolute Gasteiger partial charge is 0.455 e. The van der Waals surface area contributed by atoms with Crippen LogP contribution in [0.2, 0.25) is 0 Å². The van der Waals surface area contributed by atoms with Gasteiger partial charge in [0.1, 0.15) is 29.4 Å². The SMILES string of the molecule is CCC(=O)Oc1cccc2ncnc(Nc3ccc(Oc4ccc(C)nc4)c(C)c3)c12. The van der Waals surface area contributed by atoms with Gasteiger partial charge < -0.3 is 14.8 Å². The molecule has 0 spiro atoms. The first kappa shape index (κ1) is 20.3. The van der Waals surface area contributed by atoms with Crippen LogP contribution in [0.15, 0.2) is 61.1 Å². The molecule has 156 valence electrons. The number of anilines is 2. The van der Waals surface area contributed by atoms with Gasteiger partial charge in [0.05, 0.1) is 17.1 Å². The first-order chi connectivity index (χ1) is 15.0. The first-order valence-electron chi connectivity index (χ1n) is 9.96. The van der Waals surface area contributed by atoms with Crippen LogP contribution in [0.1, 0.15) is 24.6 Å². The molecule has 0 aliphatic carbocycles. The average molecular weight is 414 g/mol. The Hall–Kier alpha value is -4.00. The molecule has 4 rings (SSSR count). The summed E-state index contributed by atoms with van der Waals surface area (Å²) in [6.07, 6.45) is 3.46. The van der Waals surface area contributed by atoms with Crippen LogP contribution in [0.3, 0.4) is 0 Å². The second-order valence-corrected chi connectivity index (χ2v) is 7.04. The van der Waals surface area contributed by atoms with Gasteiger partial charge in [0, 0.05) is 17.8 Å². The Bertz CT molecular complexity index is 1230.